The molecule has 0 heterocycles. The average molecular weight is 435 g/mol. The zero-order valence-electron chi connectivity index (χ0n) is 17.4. The minimum Gasteiger partial charge on any atom is -0.354 e. The molecule has 6 heteroatoms. The third-order valence-corrected chi connectivity index (χ3v) is 5.72. The maximum atomic E-state index is 13.2. The van der Waals surface area contributed by atoms with E-state index in [2.05, 4.69) is 5.32 Å². The topological polar surface area (TPSA) is 49.4 Å². The number of nitrogens with one attached hydrogen (secondary N) is 1. The fourth-order valence-corrected chi connectivity index (χ4v) is 3.32. The normalized spacial score (nSPS) is 11.8. The van der Waals surface area contributed by atoms with Crippen molar-refractivity contribution in [2.75, 3.05) is 6.54 Å². The van der Waals surface area contributed by atoms with Crippen molar-refractivity contribution in [3.8, 4) is 0 Å². The second kappa shape index (κ2) is 10.7. The molecular weight excluding hydrogens is 407 g/mol. The number of nitrogens with zero attached hydrogens (tertiary/aromatic N) is 1. The third kappa shape index (κ3) is 6.48. The molecule has 2 aromatic rings. The maximum absolute atomic E-state index is 13.2. The molecule has 4 nitrogen and oxygen atoms in total. The summed E-state index contributed by atoms with van der Waals surface area (Å²) >= 11 is 12.1. The molecule has 0 radical (unpaired) electrons. The number of amides is 2. The standard InChI is InChI=1S/C23H28Cl2N2O2/c1-5-10-26-23(29)17(4)27(14-19-8-9-20(24)21(25)12-19)22(28)13-18-7-6-15(2)16(3)11-18/h6-9,11-12,17H,5,10,13-14H2,1-4H3,(H,26,29)/t17-/m1/s1. The molecule has 0 spiro atoms. The second-order valence-electron chi connectivity index (χ2n) is 7.33. The van der Waals surface area contributed by atoms with Gasteiger partial charge in [0.1, 0.15) is 6.04 Å². The predicted molar refractivity (Wildman–Crippen MR) is 119 cm³/mol. The number of carbonyl (C=O) groups is 2. The van der Waals surface area contributed by atoms with Crippen molar-refractivity contribution in [3.05, 3.63) is 68.7 Å². The van der Waals surface area contributed by atoms with E-state index >= 15 is 0 Å². The lowest BCUT2D eigenvalue weighted by Gasteiger charge is -2.29. The molecule has 1 N–H and O–H groups in total. The van der Waals surface area contributed by atoms with Crippen LogP contribution >= 0.6 is 23.2 Å². The summed E-state index contributed by atoms with van der Waals surface area (Å²) in [5.41, 5.74) is 4.07. The molecule has 0 saturated carbocycles. The molecular formula is C23H28Cl2N2O2. The van der Waals surface area contributed by atoms with E-state index in [0.717, 1.165) is 23.1 Å². The lowest BCUT2D eigenvalue weighted by Crippen LogP contribution is -2.48. The first-order valence-corrected chi connectivity index (χ1v) is 10.6. The largest absolute Gasteiger partial charge is 0.354 e. The number of hydrogen-bond donors (Lipinski definition) is 1. The molecule has 0 aromatic heterocycles. The summed E-state index contributed by atoms with van der Waals surface area (Å²) in [6.45, 7) is 8.66. The van der Waals surface area contributed by atoms with Crippen LogP contribution in [0, 0.1) is 13.8 Å². The number of benzene rings is 2. The van der Waals surface area contributed by atoms with Gasteiger partial charge in [0.2, 0.25) is 11.8 Å². The zero-order valence-corrected chi connectivity index (χ0v) is 18.9. The van der Waals surface area contributed by atoms with Gasteiger partial charge in [-0.25, -0.2) is 0 Å². The summed E-state index contributed by atoms with van der Waals surface area (Å²) in [5.74, 6) is -0.279. The van der Waals surface area contributed by atoms with Crippen LogP contribution < -0.4 is 5.32 Å². The van der Waals surface area contributed by atoms with Crippen LogP contribution in [0.5, 0.6) is 0 Å². The van der Waals surface area contributed by atoms with E-state index in [4.69, 9.17) is 23.2 Å². The van der Waals surface area contributed by atoms with Gasteiger partial charge in [0.25, 0.3) is 0 Å². The molecule has 0 aliphatic heterocycles. The maximum Gasteiger partial charge on any atom is 0.242 e. The first-order valence-electron chi connectivity index (χ1n) is 9.80. The van der Waals surface area contributed by atoms with Crippen LogP contribution in [0.1, 0.15) is 42.5 Å². The number of aryl methyl sites for hydroxylation is 2. The first-order chi connectivity index (χ1) is 13.7. The molecule has 1 atom stereocenters. The van der Waals surface area contributed by atoms with Crippen LogP contribution in [0.4, 0.5) is 0 Å². The van der Waals surface area contributed by atoms with E-state index in [1.54, 1.807) is 24.0 Å². The first kappa shape index (κ1) is 23.2. The van der Waals surface area contributed by atoms with Crippen molar-refractivity contribution in [1.29, 1.82) is 0 Å². The Morgan fingerprint density at radius 2 is 1.69 bits per heavy atom. The molecule has 0 saturated heterocycles. The van der Waals surface area contributed by atoms with Gasteiger partial charge in [0.15, 0.2) is 0 Å². The summed E-state index contributed by atoms with van der Waals surface area (Å²) in [5, 5.41) is 3.75. The molecule has 156 valence electrons. The minimum absolute atomic E-state index is 0.113. The van der Waals surface area contributed by atoms with Gasteiger partial charge in [-0.3, -0.25) is 9.59 Å². The van der Waals surface area contributed by atoms with Gasteiger partial charge in [0, 0.05) is 13.1 Å². The highest BCUT2D eigenvalue weighted by atomic mass is 35.5. The number of hydrogen-bond acceptors (Lipinski definition) is 2. The highest BCUT2D eigenvalue weighted by Crippen LogP contribution is 2.24. The molecule has 0 aliphatic carbocycles. The van der Waals surface area contributed by atoms with Crippen LogP contribution in [-0.2, 0) is 22.6 Å². The Bertz CT molecular complexity index is 883. The summed E-state index contributed by atoms with van der Waals surface area (Å²) in [7, 11) is 0. The number of carbonyl (C=O) groups excluding carboxylic acids is 2. The van der Waals surface area contributed by atoms with E-state index in [1.807, 2.05) is 45.0 Å². The smallest absolute Gasteiger partial charge is 0.242 e. The van der Waals surface area contributed by atoms with Gasteiger partial charge >= 0.3 is 0 Å². The Kier molecular flexibility index (Phi) is 8.54. The summed E-state index contributed by atoms with van der Waals surface area (Å²) in [6.07, 6.45) is 1.07. The van der Waals surface area contributed by atoms with Crippen molar-refractivity contribution in [3.63, 3.8) is 0 Å². The predicted octanol–water partition coefficient (Wildman–Crippen LogP) is 5.10. The Morgan fingerprint density at radius 3 is 2.31 bits per heavy atom. The number of rotatable bonds is 8. The Morgan fingerprint density at radius 1 is 1.00 bits per heavy atom. The summed E-state index contributed by atoms with van der Waals surface area (Å²) < 4.78 is 0. The van der Waals surface area contributed by atoms with Gasteiger partial charge in [-0.2, -0.15) is 0 Å². The van der Waals surface area contributed by atoms with E-state index in [1.165, 1.54) is 5.56 Å². The molecule has 29 heavy (non-hydrogen) atoms. The van der Waals surface area contributed by atoms with Crippen molar-refractivity contribution in [1.82, 2.24) is 10.2 Å². The molecule has 2 amide bonds. The molecule has 0 bridgehead atoms. The second-order valence-corrected chi connectivity index (χ2v) is 8.15. The minimum atomic E-state index is -0.602. The van der Waals surface area contributed by atoms with Crippen LogP contribution in [0.2, 0.25) is 10.0 Å². The third-order valence-electron chi connectivity index (χ3n) is 4.98. The van der Waals surface area contributed by atoms with Crippen LogP contribution in [0.25, 0.3) is 0 Å². The van der Waals surface area contributed by atoms with Crippen LogP contribution in [-0.4, -0.2) is 29.3 Å². The van der Waals surface area contributed by atoms with Gasteiger partial charge in [-0.1, -0.05) is 54.4 Å². The van der Waals surface area contributed by atoms with E-state index in [9.17, 15) is 9.59 Å². The Labute approximate surface area is 183 Å². The fourth-order valence-electron chi connectivity index (χ4n) is 3.00. The van der Waals surface area contributed by atoms with E-state index in [-0.39, 0.29) is 24.8 Å². The van der Waals surface area contributed by atoms with Crippen molar-refractivity contribution in [2.24, 2.45) is 0 Å². The lowest BCUT2D eigenvalue weighted by atomic mass is 10.0. The molecule has 2 aromatic carbocycles. The summed E-state index contributed by atoms with van der Waals surface area (Å²) in [6, 6.07) is 10.6. The fraction of sp³-hybridized carbons (Fsp3) is 0.391. The quantitative estimate of drug-likeness (QED) is 0.628. The zero-order chi connectivity index (χ0) is 21.6. The average Bonchev–Trinajstić information content (AvgIpc) is 2.69. The van der Waals surface area contributed by atoms with Gasteiger partial charge in [0.05, 0.1) is 16.5 Å². The number of halogens is 2. The van der Waals surface area contributed by atoms with Crippen molar-refractivity contribution in [2.45, 2.75) is 53.1 Å². The van der Waals surface area contributed by atoms with E-state index < -0.39 is 6.04 Å². The van der Waals surface area contributed by atoms with E-state index in [0.29, 0.717) is 16.6 Å². The molecule has 0 fully saturated rings. The Balaban J connectivity index is 2.26. The van der Waals surface area contributed by atoms with Crippen molar-refractivity contribution < 1.29 is 9.59 Å². The van der Waals surface area contributed by atoms with Gasteiger partial charge < -0.3 is 10.2 Å². The highest BCUT2D eigenvalue weighted by molar-refractivity contribution is 6.42. The van der Waals surface area contributed by atoms with Gasteiger partial charge in [-0.05, 0) is 61.6 Å². The molecule has 0 unspecified atom stereocenters. The van der Waals surface area contributed by atoms with Crippen molar-refractivity contribution >= 4 is 35.0 Å². The van der Waals surface area contributed by atoms with Crippen LogP contribution in [0.3, 0.4) is 0 Å². The highest BCUT2D eigenvalue weighted by Gasteiger charge is 2.26. The van der Waals surface area contributed by atoms with Gasteiger partial charge in [-0.15, -0.1) is 0 Å². The SMILES string of the molecule is CCCNC(=O)[C@@H](C)N(Cc1ccc(Cl)c(Cl)c1)C(=O)Cc1ccc(C)c(C)c1. The Hall–Kier alpha value is -2.04. The molecule has 2 rings (SSSR count). The lowest BCUT2D eigenvalue weighted by molar-refractivity contribution is -0.140. The summed E-state index contributed by atoms with van der Waals surface area (Å²) in [4.78, 5) is 27.3. The van der Waals surface area contributed by atoms with Crippen LogP contribution in [0.15, 0.2) is 36.4 Å². The molecule has 0 aliphatic rings. The monoisotopic (exact) mass is 434 g/mol.